The number of rotatable bonds is 21. The number of carboxylic acid groups (broad SMARTS) is 3. The summed E-state index contributed by atoms with van der Waals surface area (Å²) in [5.41, 5.74) is 22.8. The maximum atomic E-state index is 11.7. The maximum Gasteiger partial charge on any atom is 0.413 e. The van der Waals surface area contributed by atoms with Crippen LogP contribution in [0, 0.1) is 17.9 Å². The number of carbonyl (C=O) groups is 6. The molecule has 5 unspecified atom stereocenters. The molecule has 28 heteroatoms. The zero-order chi connectivity index (χ0) is 66.3. The summed E-state index contributed by atoms with van der Waals surface area (Å²) in [4.78, 5) is 71.3. The smallest absolute Gasteiger partial charge is 0.413 e. The van der Waals surface area contributed by atoms with Crippen molar-refractivity contribution >= 4 is 223 Å². The van der Waals surface area contributed by atoms with Crippen molar-refractivity contribution in [3.05, 3.63) is 201 Å². The molecule has 7 aromatic rings. The highest BCUT2D eigenvalue weighted by Gasteiger charge is 2.22. The number of carbonyl (C=O) groups excluding carboxylic acids is 3. The number of halogens is 7. The molecule has 13 N–H and O–H groups in total. The number of nitrogens with zero attached hydrogens (tertiary/aromatic N) is 1. The van der Waals surface area contributed by atoms with Crippen molar-refractivity contribution < 1.29 is 48.8 Å². The maximum absolute atomic E-state index is 11.7. The third-order valence-corrected chi connectivity index (χ3v) is 17.3. The number of benzene rings is 6. The lowest BCUT2D eigenvalue weighted by atomic mass is 10.0. The molecule has 18 nitrogen and oxygen atoms in total. The van der Waals surface area contributed by atoms with Gasteiger partial charge in [0.2, 0.25) is 0 Å². The SMILES string of the molecule is CC(=O)C(N)Cc1ccc(I)cc1.CCOC(=O)NC(=S)NC(Cc1ccc(I)cc1)C(C)=O.NC(=S)NC(Cc1ccc(I)cc1)C(=O)O.NC(Cc1ccc(I)cc1)C(=O)O.O=C(O)C(Cc1ccc(I)cc1)Nc1nc(-c2ccc(Cl)c(Cl)c2)cs1. The summed E-state index contributed by atoms with van der Waals surface area (Å²) in [6.07, 6.45) is 1.60. The molecule has 5 atom stereocenters. The molecule has 0 saturated heterocycles. The van der Waals surface area contributed by atoms with E-state index in [0.29, 0.717) is 47.3 Å². The van der Waals surface area contributed by atoms with E-state index in [1.54, 1.807) is 19.1 Å². The highest BCUT2D eigenvalue weighted by molar-refractivity contribution is 14.1. The van der Waals surface area contributed by atoms with Crippen LogP contribution >= 0.6 is 172 Å². The predicted molar refractivity (Wildman–Crippen MR) is 403 cm³/mol. The zero-order valence-corrected chi connectivity index (χ0v) is 62.5. The number of nitrogens with one attached hydrogen (secondary N) is 4. The van der Waals surface area contributed by atoms with Gasteiger partial charge in [-0.05, 0) is 278 Å². The summed E-state index contributed by atoms with van der Waals surface area (Å²) in [5, 5.41) is 41.2. The number of ether oxygens (including phenoxy) is 1. The van der Waals surface area contributed by atoms with Crippen LogP contribution in [0.1, 0.15) is 48.6 Å². The van der Waals surface area contributed by atoms with Gasteiger partial charge in [0.15, 0.2) is 21.1 Å². The van der Waals surface area contributed by atoms with Gasteiger partial charge in [-0.25, -0.2) is 19.4 Å². The number of anilines is 1. The first-order chi connectivity index (χ1) is 42.0. The predicted octanol–water partition coefficient (Wildman–Crippen LogP) is 12.4. The number of hydrogen-bond donors (Lipinski definition) is 10. The van der Waals surface area contributed by atoms with Crippen molar-refractivity contribution in [1.82, 2.24) is 20.9 Å². The van der Waals surface area contributed by atoms with Crippen LogP contribution in [0.2, 0.25) is 10.0 Å². The fourth-order valence-corrected chi connectivity index (χ4v) is 10.4. The van der Waals surface area contributed by atoms with Crippen LogP contribution in [0.5, 0.6) is 0 Å². The largest absolute Gasteiger partial charge is 0.480 e. The van der Waals surface area contributed by atoms with Crippen molar-refractivity contribution in [3.63, 3.8) is 0 Å². The molecule has 0 fully saturated rings. The van der Waals surface area contributed by atoms with Crippen LogP contribution in [-0.2, 0) is 60.8 Å². The van der Waals surface area contributed by atoms with Crippen LogP contribution in [0.4, 0.5) is 9.93 Å². The minimum atomic E-state index is -0.966. The van der Waals surface area contributed by atoms with Gasteiger partial charge in [0.05, 0.1) is 34.4 Å². The summed E-state index contributed by atoms with van der Waals surface area (Å²) in [6.45, 7) is 4.97. The molecule has 6 aromatic carbocycles. The van der Waals surface area contributed by atoms with Crippen molar-refractivity contribution in [2.75, 3.05) is 11.9 Å². The number of thiazole rings is 1. The fraction of sp³-hybridized carbons (Fsp3) is 0.230. The van der Waals surface area contributed by atoms with Crippen LogP contribution in [-0.4, -0.2) is 103 Å². The number of nitrogens with two attached hydrogens (primary N) is 3. The van der Waals surface area contributed by atoms with Gasteiger partial charge in [0, 0.05) is 41.6 Å². The summed E-state index contributed by atoms with van der Waals surface area (Å²) in [5.74, 6) is -2.86. The second kappa shape index (κ2) is 41.9. The van der Waals surface area contributed by atoms with E-state index in [0.717, 1.165) is 53.4 Å². The fourth-order valence-electron chi connectivity index (χ4n) is 7.15. The van der Waals surface area contributed by atoms with E-state index < -0.39 is 48.2 Å². The number of ketones is 2. The third kappa shape index (κ3) is 32.6. The van der Waals surface area contributed by atoms with E-state index in [9.17, 15) is 33.9 Å². The van der Waals surface area contributed by atoms with E-state index in [1.807, 2.05) is 133 Å². The van der Waals surface area contributed by atoms with Crippen molar-refractivity contribution in [1.29, 1.82) is 0 Å². The minimum Gasteiger partial charge on any atom is -0.480 e. The standard InChI is InChI=1S/C18H13Cl2IN2O2S.C14H17IN2O3S.C10H11IN2O2S.C10H12INO.C9H10INO2/c19-13-6-3-11(8-14(13)20)16-9-26-18(23-16)22-15(17(24)25)7-10-1-4-12(21)5-2-10;1-3-20-14(19)17-13(21)16-12(9(2)18)8-10-4-6-11(15)7-5-10;11-7-3-1-6(2-4-7)5-8(9(14)15)13-10(12)16;1-7(13)10(12)6-8-2-4-9(11)5-3-8;10-7-3-1-6(2-4-7)5-8(11)9(12)13/h1-6,8-9,15H,7H2,(H,22,23)(H,24,25);4-7,12H,3,8H2,1-2H3,(H2,16,17,19,21);1-4,8H,5H2,(H,14,15)(H3,12,13,16);2-5,10H,6,12H2,1H3;1-4,8H,5,11H2,(H,12,13). The average Bonchev–Trinajstić information content (AvgIpc) is 4.24. The Morgan fingerprint density at radius 2 is 0.944 bits per heavy atom. The van der Waals surface area contributed by atoms with Gasteiger partial charge in [0.25, 0.3) is 0 Å². The number of aliphatic carboxylic acids is 3. The molecular weight excluding hydrogens is 1810 g/mol. The third-order valence-electron chi connectivity index (χ3n) is 11.9. The number of Topliss-reactive ketones (excluding diaryl/α,β-unsaturated/α-hetero) is 2. The first-order valence-corrected chi connectivity index (χ1v) is 34.3. The molecule has 0 saturated carbocycles. The minimum absolute atomic E-state index is 0.00193. The van der Waals surface area contributed by atoms with E-state index in [-0.39, 0.29) is 34.4 Å². The van der Waals surface area contributed by atoms with E-state index >= 15 is 0 Å². The second-order valence-electron chi connectivity index (χ2n) is 18.9. The number of alkyl carbamates (subject to hydrolysis) is 1. The molecule has 1 amide bonds. The van der Waals surface area contributed by atoms with E-state index in [4.69, 9.17) is 67.6 Å². The van der Waals surface area contributed by atoms with Crippen molar-refractivity contribution in [2.45, 2.75) is 83.1 Å². The molecule has 0 radical (unpaired) electrons. The average molecular weight is 1870 g/mol. The lowest BCUT2D eigenvalue weighted by Gasteiger charge is -2.18. The molecule has 0 spiro atoms. The first kappa shape index (κ1) is 78.7. The molecule has 0 aliphatic rings. The van der Waals surface area contributed by atoms with Crippen LogP contribution < -0.4 is 38.5 Å². The molecular formula is C61H63Cl2I5N8O10S3. The van der Waals surface area contributed by atoms with Gasteiger partial charge in [-0.2, -0.15) is 0 Å². The van der Waals surface area contributed by atoms with Crippen LogP contribution in [0.25, 0.3) is 11.3 Å². The first-order valence-electron chi connectivity index (χ1n) is 26.4. The Hall–Kier alpha value is -4.50. The normalized spacial score (nSPS) is 12.0. The van der Waals surface area contributed by atoms with Gasteiger partial charge < -0.3 is 53.2 Å². The van der Waals surface area contributed by atoms with Gasteiger partial charge in [-0.15, -0.1) is 11.3 Å². The Labute approximate surface area is 609 Å². The topological polar surface area (TPSA) is 311 Å². The molecule has 89 heavy (non-hydrogen) atoms. The number of hydrogen-bond acceptors (Lipinski definition) is 14. The van der Waals surface area contributed by atoms with Gasteiger partial charge >= 0.3 is 24.0 Å². The number of aromatic nitrogens is 1. The molecule has 7 rings (SSSR count). The Bertz CT molecular complexity index is 3390. The summed E-state index contributed by atoms with van der Waals surface area (Å²) >= 11 is 34.0. The zero-order valence-electron chi connectivity index (χ0n) is 47.7. The monoisotopic (exact) mass is 1870 g/mol. The van der Waals surface area contributed by atoms with E-state index in [1.165, 1.54) is 28.8 Å². The number of amides is 1. The van der Waals surface area contributed by atoms with Crippen molar-refractivity contribution in [2.24, 2.45) is 17.2 Å². The number of carboxylic acids is 3. The molecule has 1 aromatic heterocycles. The molecule has 0 aliphatic carbocycles. The quantitative estimate of drug-likeness (QED) is 0.0236. The molecule has 1 heterocycles. The molecule has 0 aliphatic heterocycles. The Kier molecular flexibility index (Phi) is 37.0. The van der Waals surface area contributed by atoms with Gasteiger partial charge in [0.1, 0.15) is 23.9 Å². The summed E-state index contributed by atoms with van der Waals surface area (Å²) in [6, 6.07) is 41.1. The second-order valence-corrected chi connectivity index (χ2v) is 27.6. The van der Waals surface area contributed by atoms with Crippen molar-refractivity contribution in [3.8, 4) is 11.3 Å². The highest BCUT2D eigenvalue weighted by atomic mass is 127. The van der Waals surface area contributed by atoms with Gasteiger partial charge in [-0.1, -0.05) is 89.9 Å². The Balaban J connectivity index is 0.000000299. The lowest BCUT2D eigenvalue weighted by Crippen LogP contribution is -2.48. The van der Waals surface area contributed by atoms with Crippen LogP contribution in [0.15, 0.2) is 145 Å². The summed E-state index contributed by atoms with van der Waals surface area (Å²) in [7, 11) is 0. The van der Waals surface area contributed by atoms with Crippen LogP contribution in [0.3, 0.4) is 0 Å². The van der Waals surface area contributed by atoms with E-state index in [2.05, 4.69) is 151 Å². The Morgan fingerprint density at radius 1 is 0.551 bits per heavy atom. The number of thiocarbonyl (C=S) groups is 2. The molecule has 474 valence electrons. The Morgan fingerprint density at radius 3 is 1.30 bits per heavy atom. The highest BCUT2D eigenvalue weighted by Crippen LogP contribution is 2.31. The molecule has 0 bridgehead atoms. The lowest BCUT2D eigenvalue weighted by molar-refractivity contribution is -0.139. The van der Waals surface area contributed by atoms with Gasteiger partial charge in [-0.3, -0.25) is 19.7 Å². The summed E-state index contributed by atoms with van der Waals surface area (Å²) < 4.78 is 10.4.